The Balaban J connectivity index is 1.84. The van der Waals surface area contributed by atoms with Crippen molar-refractivity contribution in [3.05, 3.63) is 29.8 Å². The summed E-state index contributed by atoms with van der Waals surface area (Å²) in [6.45, 7) is 3.49. The Morgan fingerprint density at radius 2 is 1.81 bits per heavy atom. The molecule has 1 aromatic carbocycles. The van der Waals surface area contributed by atoms with Gasteiger partial charge >= 0.3 is 5.97 Å². The van der Waals surface area contributed by atoms with Gasteiger partial charge in [0.1, 0.15) is 0 Å². The van der Waals surface area contributed by atoms with Crippen molar-refractivity contribution in [1.29, 1.82) is 0 Å². The minimum atomic E-state index is -3.56. The first-order valence-corrected chi connectivity index (χ1v) is 8.53. The van der Waals surface area contributed by atoms with Crippen LogP contribution in [-0.2, 0) is 10.0 Å². The molecule has 1 heterocycles. The van der Waals surface area contributed by atoms with Gasteiger partial charge in [-0.15, -0.1) is 0 Å². The number of aromatic carboxylic acids is 1. The van der Waals surface area contributed by atoms with Gasteiger partial charge in [0.05, 0.1) is 10.5 Å². The zero-order valence-electron chi connectivity index (χ0n) is 11.8. The molecule has 0 atom stereocenters. The van der Waals surface area contributed by atoms with Crippen LogP contribution in [0.3, 0.4) is 0 Å². The Bertz CT molecular complexity index is 577. The Kier molecular flexibility index (Phi) is 5.33. The quantitative estimate of drug-likeness (QED) is 0.738. The smallest absolute Gasteiger partial charge is 0.335 e. The SMILES string of the molecule is O=C(O)c1ccc(S(=O)(=O)NCCCN2CCCC2)cc1. The van der Waals surface area contributed by atoms with Crippen molar-refractivity contribution in [2.45, 2.75) is 24.2 Å². The molecule has 1 aliphatic rings. The highest BCUT2D eigenvalue weighted by Crippen LogP contribution is 2.11. The van der Waals surface area contributed by atoms with E-state index in [1.54, 1.807) is 0 Å². The second-order valence-electron chi connectivity index (χ2n) is 5.13. The van der Waals surface area contributed by atoms with Crippen LogP contribution < -0.4 is 4.72 Å². The average Bonchev–Trinajstić information content (AvgIpc) is 2.97. The van der Waals surface area contributed by atoms with Gasteiger partial charge in [-0.2, -0.15) is 0 Å². The number of carboxylic acids is 1. The third-order valence-corrected chi connectivity index (χ3v) is 5.03. The minimum absolute atomic E-state index is 0.0722. The van der Waals surface area contributed by atoms with Gasteiger partial charge in [-0.1, -0.05) is 0 Å². The molecule has 1 aromatic rings. The molecule has 21 heavy (non-hydrogen) atoms. The Labute approximate surface area is 124 Å². The molecule has 0 aromatic heterocycles. The van der Waals surface area contributed by atoms with Crippen LogP contribution >= 0.6 is 0 Å². The molecule has 0 spiro atoms. The minimum Gasteiger partial charge on any atom is -0.478 e. The molecule has 1 aliphatic heterocycles. The fourth-order valence-corrected chi connectivity index (χ4v) is 3.45. The summed E-state index contributed by atoms with van der Waals surface area (Å²) in [6, 6.07) is 5.21. The number of rotatable bonds is 7. The van der Waals surface area contributed by atoms with E-state index in [0.29, 0.717) is 6.54 Å². The highest BCUT2D eigenvalue weighted by molar-refractivity contribution is 7.89. The van der Waals surface area contributed by atoms with Gasteiger partial charge in [0.25, 0.3) is 0 Å². The molecule has 0 radical (unpaired) electrons. The first kappa shape index (κ1) is 15.9. The highest BCUT2D eigenvalue weighted by atomic mass is 32.2. The monoisotopic (exact) mass is 312 g/mol. The summed E-state index contributed by atoms with van der Waals surface area (Å²) in [5.74, 6) is -1.07. The number of nitrogens with zero attached hydrogens (tertiary/aromatic N) is 1. The van der Waals surface area contributed by atoms with Gasteiger partial charge in [0, 0.05) is 6.54 Å². The van der Waals surface area contributed by atoms with E-state index in [-0.39, 0.29) is 10.5 Å². The maximum absolute atomic E-state index is 12.0. The van der Waals surface area contributed by atoms with Crippen LogP contribution in [0, 0.1) is 0 Å². The molecule has 0 aliphatic carbocycles. The van der Waals surface area contributed by atoms with Crippen LogP contribution in [0.15, 0.2) is 29.2 Å². The summed E-state index contributed by atoms with van der Waals surface area (Å²) in [5.41, 5.74) is 0.0722. The van der Waals surface area contributed by atoms with Gasteiger partial charge in [-0.3, -0.25) is 0 Å². The molecule has 0 amide bonds. The highest BCUT2D eigenvalue weighted by Gasteiger charge is 2.15. The zero-order valence-corrected chi connectivity index (χ0v) is 12.6. The van der Waals surface area contributed by atoms with Crippen molar-refractivity contribution < 1.29 is 18.3 Å². The molecule has 2 N–H and O–H groups in total. The largest absolute Gasteiger partial charge is 0.478 e. The van der Waals surface area contributed by atoms with Crippen LogP contribution in [-0.4, -0.2) is 50.6 Å². The normalized spacial score (nSPS) is 16.2. The summed E-state index contributed by atoms with van der Waals surface area (Å²) in [6.07, 6.45) is 3.22. The third-order valence-electron chi connectivity index (χ3n) is 3.55. The summed E-state index contributed by atoms with van der Waals surface area (Å²) >= 11 is 0. The number of hydrogen-bond acceptors (Lipinski definition) is 4. The van der Waals surface area contributed by atoms with Crippen LogP contribution in [0.1, 0.15) is 29.6 Å². The Morgan fingerprint density at radius 3 is 2.38 bits per heavy atom. The molecular weight excluding hydrogens is 292 g/mol. The predicted octanol–water partition coefficient (Wildman–Crippen LogP) is 1.15. The van der Waals surface area contributed by atoms with Crippen molar-refractivity contribution in [1.82, 2.24) is 9.62 Å². The van der Waals surface area contributed by atoms with E-state index in [1.807, 2.05) is 0 Å². The summed E-state index contributed by atoms with van der Waals surface area (Å²) in [7, 11) is -3.56. The Morgan fingerprint density at radius 1 is 1.19 bits per heavy atom. The molecule has 0 bridgehead atoms. The first-order chi connectivity index (χ1) is 9.99. The number of benzene rings is 1. The van der Waals surface area contributed by atoms with Gasteiger partial charge in [-0.25, -0.2) is 17.9 Å². The predicted molar refractivity (Wildman–Crippen MR) is 78.9 cm³/mol. The second kappa shape index (κ2) is 7.02. The third kappa shape index (κ3) is 4.52. The lowest BCUT2D eigenvalue weighted by molar-refractivity contribution is 0.0696. The van der Waals surface area contributed by atoms with E-state index in [4.69, 9.17) is 5.11 Å². The fourth-order valence-electron chi connectivity index (χ4n) is 2.38. The number of sulfonamides is 1. The lowest BCUT2D eigenvalue weighted by atomic mass is 10.2. The number of carbonyl (C=O) groups is 1. The lowest BCUT2D eigenvalue weighted by Gasteiger charge is -2.14. The molecule has 0 saturated carbocycles. The first-order valence-electron chi connectivity index (χ1n) is 7.04. The number of hydrogen-bond donors (Lipinski definition) is 2. The summed E-state index contributed by atoms with van der Waals surface area (Å²) in [5, 5.41) is 8.79. The van der Waals surface area contributed by atoms with Gasteiger partial charge in [-0.05, 0) is 63.2 Å². The van der Waals surface area contributed by atoms with Crippen molar-refractivity contribution in [2.24, 2.45) is 0 Å². The average molecular weight is 312 g/mol. The molecule has 1 saturated heterocycles. The van der Waals surface area contributed by atoms with E-state index in [0.717, 1.165) is 26.1 Å². The maximum Gasteiger partial charge on any atom is 0.335 e. The fraction of sp³-hybridized carbons (Fsp3) is 0.500. The topological polar surface area (TPSA) is 86.7 Å². The van der Waals surface area contributed by atoms with Crippen molar-refractivity contribution >= 4 is 16.0 Å². The number of nitrogens with one attached hydrogen (secondary N) is 1. The maximum atomic E-state index is 12.0. The van der Waals surface area contributed by atoms with Crippen LogP contribution in [0.2, 0.25) is 0 Å². The molecule has 116 valence electrons. The van der Waals surface area contributed by atoms with E-state index < -0.39 is 16.0 Å². The lowest BCUT2D eigenvalue weighted by Crippen LogP contribution is -2.28. The Hall–Kier alpha value is -1.44. The molecule has 6 nitrogen and oxygen atoms in total. The number of likely N-dealkylation sites (tertiary alicyclic amines) is 1. The van der Waals surface area contributed by atoms with Crippen LogP contribution in [0.5, 0.6) is 0 Å². The van der Waals surface area contributed by atoms with E-state index >= 15 is 0 Å². The van der Waals surface area contributed by atoms with Gasteiger partial charge in [0.15, 0.2) is 0 Å². The van der Waals surface area contributed by atoms with Crippen LogP contribution in [0.4, 0.5) is 0 Å². The molecular formula is C14H20N2O4S. The molecule has 1 fully saturated rings. The van der Waals surface area contributed by atoms with Crippen molar-refractivity contribution in [3.63, 3.8) is 0 Å². The molecule has 0 unspecified atom stereocenters. The molecule has 2 rings (SSSR count). The van der Waals surface area contributed by atoms with Gasteiger partial charge < -0.3 is 10.0 Å². The number of carboxylic acid groups (broad SMARTS) is 1. The zero-order chi connectivity index (χ0) is 15.3. The van der Waals surface area contributed by atoms with Crippen LogP contribution in [0.25, 0.3) is 0 Å². The van der Waals surface area contributed by atoms with E-state index in [1.165, 1.54) is 37.1 Å². The summed E-state index contributed by atoms with van der Waals surface area (Å²) in [4.78, 5) is 13.1. The summed E-state index contributed by atoms with van der Waals surface area (Å²) < 4.78 is 26.6. The van der Waals surface area contributed by atoms with Crippen molar-refractivity contribution in [3.8, 4) is 0 Å². The molecule has 7 heteroatoms. The van der Waals surface area contributed by atoms with Crippen molar-refractivity contribution in [2.75, 3.05) is 26.2 Å². The van der Waals surface area contributed by atoms with Gasteiger partial charge in [0.2, 0.25) is 10.0 Å². The second-order valence-corrected chi connectivity index (χ2v) is 6.90. The van der Waals surface area contributed by atoms with E-state index in [2.05, 4.69) is 9.62 Å². The standard InChI is InChI=1S/C14H20N2O4S/c17-14(18)12-4-6-13(7-5-12)21(19,20)15-8-3-11-16-9-1-2-10-16/h4-7,15H,1-3,8-11H2,(H,17,18). The van der Waals surface area contributed by atoms with E-state index in [9.17, 15) is 13.2 Å².